The van der Waals surface area contributed by atoms with Crippen LogP contribution in [-0.4, -0.2) is 23.9 Å². The molecular weight excluding hydrogens is 279 g/mol. The molecule has 0 spiro atoms. The summed E-state index contributed by atoms with van der Waals surface area (Å²) in [6.07, 6.45) is 2.51. The van der Waals surface area contributed by atoms with Crippen molar-refractivity contribution in [1.29, 1.82) is 0 Å². The van der Waals surface area contributed by atoms with Crippen LogP contribution in [0.3, 0.4) is 0 Å². The average molecular weight is 298 g/mol. The summed E-state index contributed by atoms with van der Waals surface area (Å²) in [7, 11) is 0. The second-order valence-electron chi connectivity index (χ2n) is 5.62. The highest BCUT2D eigenvalue weighted by Gasteiger charge is 2.13. The molecule has 1 aliphatic rings. The van der Waals surface area contributed by atoms with Crippen LogP contribution in [-0.2, 0) is 6.54 Å². The smallest absolute Gasteiger partial charge is 0.258 e. The van der Waals surface area contributed by atoms with E-state index < -0.39 is 11.7 Å². The van der Waals surface area contributed by atoms with Gasteiger partial charge in [0.05, 0.1) is 5.56 Å². The van der Waals surface area contributed by atoms with E-state index in [1.54, 1.807) is 12.1 Å². The Bertz CT molecular complexity index is 666. The lowest BCUT2D eigenvalue weighted by Crippen LogP contribution is -2.18. The highest BCUT2D eigenvalue weighted by Crippen LogP contribution is 2.17. The second-order valence-corrected chi connectivity index (χ2v) is 5.62. The lowest BCUT2D eigenvalue weighted by atomic mass is 10.1. The van der Waals surface area contributed by atoms with E-state index in [9.17, 15) is 9.18 Å². The molecule has 1 saturated heterocycles. The summed E-state index contributed by atoms with van der Waals surface area (Å²) in [5.74, 6) is -0.926. The molecule has 2 aromatic carbocycles. The van der Waals surface area contributed by atoms with Crippen molar-refractivity contribution >= 4 is 11.6 Å². The minimum Gasteiger partial charge on any atom is -0.322 e. The molecule has 1 N–H and O–H groups in total. The molecule has 114 valence electrons. The molecule has 22 heavy (non-hydrogen) atoms. The number of likely N-dealkylation sites (tertiary alicyclic amines) is 1. The number of hydrogen-bond acceptors (Lipinski definition) is 2. The highest BCUT2D eigenvalue weighted by atomic mass is 19.1. The van der Waals surface area contributed by atoms with Gasteiger partial charge in [-0.3, -0.25) is 9.69 Å². The van der Waals surface area contributed by atoms with Crippen LogP contribution in [0.5, 0.6) is 0 Å². The minimum absolute atomic E-state index is 0.0624. The Hall–Kier alpha value is -2.20. The second kappa shape index (κ2) is 6.71. The van der Waals surface area contributed by atoms with E-state index in [0.29, 0.717) is 5.69 Å². The zero-order valence-electron chi connectivity index (χ0n) is 12.4. The first-order valence-electron chi connectivity index (χ1n) is 7.59. The third-order valence-corrected chi connectivity index (χ3v) is 3.91. The number of carbonyl (C=O) groups is 1. The van der Waals surface area contributed by atoms with Crippen molar-refractivity contribution in [2.75, 3.05) is 18.4 Å². The summed E-state index contributed by atoms with van der Waals surface area (Å²) >= 11 is 0. The zero-order chi connectivity index (χ0) is 15.4. The Balaban J connectivity index is 1.69. The van der Waals surface area contributed by atoms with Gasteiger partial charge in [0.25, 0.3) is 5.91 Å². The monoisotopic (exact) mass is 298 g/mol. The lowest BCUT2D eigenvalue weighted by Gasteiger charge is -2.15. The molecule has 2 aromatic rings. The Kier molecular flexibility index (Phi) is 4.49. The molecule has 0 aromatic heterocycles. The molecule has 4 heteroatoms. The summed E-state index contributed by atoms with van der Waals surface area (Å²) in [5, 5.41) is 2.77. The molecule has 0 saturated carbocycles. The number of nitrogens with zero attached hydrogens (tertiary/aromatic N) is 1. The average Bonchev–Trinajstić information content (AvgIpc) is 3.01. The number of hydrogen-bond donors (Lipinski definition) is 1. The van der Waals surface area contributed by atoms with E-state index in [2.05, 4.69) is 16.3 Å². The molecular formula is C18H19FN2O. The van der Waals surface area contributed by atoms with Crippen molar-refractivity contribution in [3.63, 3.8) is 0 Å². The fourth-order valence-electron chi connectivity index (χ4n) is 2.79. The van der Waals surface area contributed by atoms with Crippen LogP contribution in [0.1, 0.15) is 28.8 Å². The van der Waals surface area contributed by atoms with Crippen LogP contribution >= 0.6 is 0 Å². The van der Waals surface area contributed by atoms with Gasteiger partial charge in [0, 0.05) is 12.2 Å². The van der Waals surface area contributed by atoms with Gasteiger partial charge in [-0.2, -0.15) is 0 Å². The maximum atomic E-state index is 13.6. The molecule has 1 amide bonds. The SMILES string of the molecule is O=C(Nc1cccc(CN2CCCC2)c1)c1ccccc1F. The Morgan fingerprint density at radius 2 is 1.86 bits per heavy atom. The first-order chi connectivity index (χ1) is 10.7. The van der Waals surface area contributed by atoms with Gasteiger partial charge >= 0.3 is 0 Å². The van der Waals surface area contributed by atoms with E-state index in [4.69, 9.17) is 0 Å². The van der Waals surface area contributed by atoms with E-state index >= 15 is 0 Å². The van der Waals surface area contributed by atoms with Gasteiger partial charge in [0.1, 0.15) is 5.82 Å². The first-order valence-corrected chi connectivity index (χ1v) is 7.59. The van der Waals surface area contributed by atoms with Crippen LogP contribution in [0.25, 0.3) is 0 Å². The Morgan fingerprint density at radius 3 is 2.64 bits per heavy atom. The normalized spacial score (nSPS) is 15.0. The van der Waals surface area contributed by atoms with Gasteiger partial charge in [0.2, 0.25) is 0 Å². The predicted molar refractivity (Wildman–Crippen MR) is 85.3 cm³/mol. The summed E-state index contributed by atoms with van der Waals surface area (Å²) in [5.41, 5.74) is 1.92. The molecule has 1 heterocycles. The topological polar surface area (TPSA) is 32.3 Å². The summed E-state index contributed by atoms with van der Waals surface area (Å²) in [6.45, 7) is 3.15. The highest BCUT2D eigenvalue weighted by molar-refractivity contribution is 6.04. The van der Waals surface area contributed by atoms with Crippen molar-refractivity contribution in [1.82, 2.24) is 4.90 Å². The summed E-state index contributed by atoms with van der Waals surface area (Å²) in [4.78, 5) is 14.5. The molecule has 0 unspecified atom stereocenters. The third kappa shape index (κ3) is 3.52. The fourth-order valence-corrected chi connectivity index (χ4v) is 2.79. The maximum Gasteiger partial charge on any atom is 0.258 e. The number of rotatable bonds is 4. The summed E-state index contributed by atoms with van der Waals surface area (Å²) in [6, 6.07) is 13.8. The lowest BCUT2D eigenvalue weighted by molar-refractivity contribution is 0.102. The van der Waals surface area contributed by atoms with Crippen LogP contribution in [0.2, 0.25) is 0 Å². The van der Waals surface area contributed by atoms with Gasteiger partial charge < -0.3 is 5.32 Å². The largest absolute Gasteiger partial charge is 0.322 e. The van der Waals surface area contributed by atoms with Crippen LogP contribution < -0.4 is 5.32 Å². The number of nitrogens with one attached hydrogen (secondary N) is 1. The van der Waals surface area contributed by atoms with Gasteiger partial charge in [-0.1, -0.05) is 24.3 Å². The van der Waals surface area contributed by atoms with Crippen molar-refractivity contribution < 1.29 is 9.18 Å². The van der Waals surface area contributed by atoms with E-state index in [1.165, 1.54) is 25.0 Å². The van der Waals surface area contributed by atoms with Crippen molar-refractivity contribution in [3.05, 3.63) is 65.5 Å². The number of benzene rings is 2. The number of amides is 1. The van der Waals surface area contributed by atoms with Crippen molar-refractivity contribution in [2.45, 2.75) is 19.4 Å². The van der Waals surface area contributed by atoms with Crippen LogP contribution in [0, 0.1) is 5.82 Å². The van der Waals surface area contributed by atoms with Gasteiger partial charge in [-0.15, -0.1) is 0 Å². The fraction of sp³-hybridized carbons (Fsp3) is 0.278. The quantitative estimate of drug-likeness (QED) is 0.934. The van der Waals surface area contributed by atoms with Crippen LogP contribution in [0.15, 0.2) is 48.5 Å². The maximum absolute atomic E-state index is 13.6. The molecule has 3 rings (SSSR count). The molecule has 0 aliphatic carbocycles. The third-order valence-electron chi connectivity index (χ3n) is 3.91. The molecule has 1 fully saturated rings. The van der Waals surface area contributed by atoms with Crippen molar-refractivity contribution in [2.24, 2.45) is 0 Å². The van der Waals surface area contributed by atoms with E-state index in [1.807, 2.05) is 18.2 Å². The van der Waals surface area contributed by atoms with E-state index in [0.717, 1.165) is 25.2 Å². The molecule has 3 nitrogen and oxygen atoms in total. The first kappa shape index (κ1) is 14.7. The Labute approximate surface area is 129 Å². The zero-order valence-corrected chi connectivity index (χ0v) is 12.4. The molecule has 0 atom stereocenters. The summed E-state index contributed by atoms with van der Waals surface area (Å²) < 4.78 is 13.6. The standard InChI is InChI=1S/C18H19FN2O/c19-17-9-2-1-8-16(17)18(22)20-15-7-5-6-14(12-15)13-21-10-3-4-11-21/h1-2,5-9,12H,3-4,10-11,13H2,(H,20,22). The molecule has 0 bridgehead atoms. The van der Waals surface area contributed by atoms with Gasteiger partial charge in [-0.25, -0.2) is 4.39 Å². The number of halogens is 1. The molecule has 0 radical (unpaired) electrons. The van der Waals surface area contributed by atoms with Crippen LogP contribution in [0.4, 0.5) is 10.1 Å². The number of carbonyl (C=O) groups excluding carboxylic acids is 1. The van der Waals surface area contributed by atoms with Gasteiger partial charge in [-0.05, 0) is 55.8 Å². The number of anilines is 1. The Morgan fingerprint density at radius 1 is 1.09 bits per heavy atom. The molecule has 1 aliphatic heterocycles. The minimum atomic E-state index is -0.506. The van der Waals surface area contributed by atoms with Gasteiger partial charge in [0.15, 0.2) is 0 Å². The van der Waals surface area contributed by atoms with Crippen molar-refractivity contribution in [3.8, 4) is 0 Å². The van der Waals surface area contributed by atoms with E-state index in [-0.39, 0.29) is 5.56 Å². The predicted octanol–water partition coefficient (Wildman–Crippen LogP) is 3.67.